The monoisotopic (exact) mass is 1020 g/mol. The minimum atomic E-state index is -0.551. The minimum Gasteiger partial charge on any atom is -0.310 e. The Labute approximate surface area is 469 Å². The number of hydrogen-bond donors (Lipinski definition) is 0. The summed E-state index contributed by atoms with van der Waals surface area (Å²) in [5.74, 6) is 0. The summed E-state index contributed by atoms with van der Waals surface area (Å²) < 4.78 is 0. The second-order valence-corrected chi connectivity index (χ2v) is 20.9. The lowest BCUT2D eigenvalue weighted by Gasteiger charge is -2.35. The van der Waals surface area contributed by atoms with Gasteiger partial charge in [-0.05, 0) is 162 Å². The molecule has 378 valence electrons. The fourth-order valence-electron chi connectivity index (χ4n) is 12.6. The molecule has 0 N–H and O–H groups in total. The number of aryl methyl sites for hydroxylation is 1. The van der Waals surface area contributed by atoms with Crippen LogP contribution in [0, 0.1) is 6.92 Å². The van der Waals surface area contributed by atoms with Crippen molar-refractivity contribution >= 4 is 44.9 Å². The lowest BCUT2D eigenvalue weighted by atomic mass is 9.67. The lowest BCUT2D eigenvalue weighted by molar-refractivity contribution is 0.768. The molecule has 0 unspecified atom stereocenters. The first kappa shape index (κ1) is 48.1. The van der Waals surface area contributed by atoms with E-state index in [0.717, 1.165) is 39.7 Å². The van der Waals surface area contributed by atoms with Crippen LogP contribution in [0.4, 0.5) is 34.1 Å². The van der Waals surface area contributed by atoms with Gasteiger partial charge in [-0.25, -0.2) is 0 Å². The van der Waals surface area contributed by atoms with Gasteiger partial charge in [0.05, 0.1) is 11.1 Å². The Bertz CT molecular complexity index is 4230. The van der Waals surface area contributed by atoms with Crippen molar-refractivity contribution in [1.82, 2.24) is 0 Å². The van der Waals surface area contributed by atoms with E-state index in [9.17, 15) is 0 Å². The van der Waals surface area contributed by atoms with Gasteiger partial charge in [0.25, 0.3) is 0 Å². The van der Waals surface area contributed by atoms with Gasteiger partial charge in [0, 0.05) is 34.0 Å². The molecule has 13 aromatic carbocycles. The van der Waals surface area contributed by atoms with Gasteiger partial charge >= 0.3 is 0 Å². The number of fused-ring (bicyclic) bond motifs is 4. The molecular weight excluding hydrogens is 965 g/mol. The molecule has 0 saturated heterocycles. The zero-order valence-corrected chi connectivity index (χ0v) is 44.5. The van der Waals surface area contributed by atoms with Crippen LogP contribution in [0.5, 0.6) is 0 Å². The predicted molar refractivity (Wildman–Crippen MR) is 337 cm³/mol. The summed E-state index contributed by atoms with van der Waals surface area (Å²) in [6.07, 6.45) is 0. The molecule has 80 heavy (non-hydrogen) atoms. The van der Waals surface area contributed by atoms with Gasteiger partial charge in [-0.3, -0.25) is 0 Å². The summed E-state index contributed by atoms with van der Waals surface area (Å²) in [7, 11) is 0. The maximum atomic E-state index is 2.49. The highest BCUT2D eigenvalue weighted by Crippen LogP contribution is 2.58. The van der Waals surface area contributed by atoms with Crippen molar-refractivity contribution in [3.05, 3.63) is 349 Å². The highest BCUT2D eigenvalue weighted by Gasteiger charge is 2.47. The topological polar surface area (TPSA) is 6.48 Å². The summed E-state index contributed by atoms with van der Waals surface area (Å²) in [6.45, 7) is 2.26. The first-order valence-corrected chi connectivity index (χ1v) is 27.7. The minimum absolute atomic E-state index is 0.551. The van der Waals surface area contributed by atoms with Crippen molar-refractivity contribution in [3.63, 3.8) is 0 Å². The largest absolute Gasteiger partial charge is 0.310 e. The summed E-state index contributed by atoms with van der Waals surface area (Å²) in [4.78, 5) is 4.80. The number of anilines is 6. The van der Waals surface area contributed by atoms with Gasteiger partial charge in [-0.2, -0.15) is 0 Å². The van der Waals surface area contributed by atoms with Crippen LogP contribution in [-0.2, 0) is 5.41 Å². The number of nitrogens with zero attached hydrogens (tertiary/aromatic N) is 2. The van der Waals surface area contributed by atoms with Crippen molar-refractivity contribution in [2.75, 3.05) is 9.80 Å². The van der Waals surface area contributed by atoms with Crippen LogP contribution in [0.25, 0.3) is 66.4 Å². The lowest BCUT2D eigenvalue weighted by Crippen LogP contribution is -2.28. The van der Waals surface area contributed by atoms with Gasteiger partial charge in [0.1, 0.15) is 0 Å². The molecule has 0 radical (unpaired) electrons. The molecule has 0 atom stereocenters. The van der Waals surface area contributed by atoms with Crippen LogP contribution in [0.3, 0.4) is 0 Å². The molecule has 1 aliphatic rings. The molecule has 0 fully saturated rings. The molecule has 0 amide bonds. The Morgan fingerprint density at radius 3 is 1.29 bits per heavy atom. The van der Waals surface area contributed by atoms with E-state index in [1.165, 1.54) is 88.7 Å². The summed E-state index contributed by atoms with van der Waals surface area (Å²) in [5.41, 5.74) is 24.4. The molecule has 13 aromatic rings. The quantitative estimate of drug-likeness (QED) is 0.120. The third-order valence-electron chi connectivity index (χ3n) is 16.3. The van der Waals surface area contributed by atoms with E-state index < -0.39 is 5.41 Å². The number of hydrogen-bond acceptors (Lipinski definition) is 2. The molecule has 1 aliphatic carbocycles. The molecule has 0 bridgehead atoms. The summed E-state index contributed by atoms with van der Waals surface area (Å²) in [6, 6.07) is 118. The van der Waals surface area contributed by atoms with Gasteiger partial charge in [-0.15, -0.1) is 0 Å². The fraction of sp³-hybridized carbons (Fsp3) is 0.0256. The maximum Gasteiger partial charge on any atom is 0.0714 e. The molecule has 0 saturated carbocycles. The Hall–Kier alpha value is -10.3. The van der Waals surface area contributed by atoms with Crippen molar-refractivity contribution < 1.29 is 0 Å². The van der Waals surface area contributed by atoms with Crippen molar-refractivity contribution in [1.29, 1.82) is 0 Å². The predicted octanol–water partition coefficient (Wildman–Crippen LogP) is 21.1. The third kappa shape index (κ3) is 8.46. The summed E-state index contributed by atoms with van der Waals surface area (Å²) in [5, 5.41) is 2.42. The van der Waals surface area contributed by atoms with Crippen LogP contribution >= 0.6 is 0 Å². The Kier molecular flexibility index (Phi) is 12.4. The molecule has 0 spiro atoms. The first-order chi connectivity index (χ1) is 39.6. The van der Waals surface area contributed by atoms with Crippen molar-refractivity contribution in [3.8, 4) is 55.6 Å². The van der Waals surface area contributed by atoms with E-state index in [0.29, 0.717) is 0 Å². The second kappa shape index (κ2) is 20.6. The smallest absolute Gasteiger partial charge is 0.0714 e. The number of para-hydroxylation sites is 2. The van der Waals surface area contributed by atoms with Crippen LogP contribution in [0.2, 0.25) is 0 Å². The van der Waals surface area contributed by atoms with Crippen LogP contribution in [0.15, 0.2) is 322 Å². The van der Waals surface area contributed by atoms with E-state index in [4.69, 9.17) is 0 Å². The van der Waals surface area contributed by atoms with E-state index >= 15 is 0 Å². The highest BCUT2D eigenvalue weighted by molar-refractivity contribution is 6.06. The van der Waals surface area contributed by atoms with E-state index in [1.54, 1.807) is 0 Å². The maximum absolute atomic E-state index is 2.49. The van der Waals surface area contributed by atoms with Gasteiger partial charge < -0.3 is 9.80 Å². The van der Waals surface area contributed by atoms with E-state index in [1.807, 2.05) is 0 Å². The molecule has 14 rings (SSSR count). The molecular formula is C78H56N2. The Morgan fingerprint density at radius 1 is 0.263 bits per heavy atom. The van der Waals surface area contributed by atoms with Gasteiger partial charge in [0.15, 0.2) is 0 Å². The molecule has 2 heteroatoms. The van der Waals surface area contributed by atoms with Crippen LogP contribution < -0.4 is 9.80 Å². The fourth-order valence-corrected chi connectivity index (χ4v) is 12.6. The average molecular weight is 1020 g/mol. The number of benzene rings is 13. The van der Waals surface area contributed by atoms with Gasteiger partial charge in [0.2, 0.25) is 0 Å². The standard InChI is InChI=1S/C78H56N2/c1-55-21-19-36-73-76(55)72-51-50-70(54-74(72)78(73,64-26-9-3-10-27-64)65-28-11-4-12-29-65)80(75-52-47-61-22-17-18-35-71(61)77(75)62-23-7-2-8-24-62)68-48-45-59(46-49-68)58-39-37-56(38-40-58)57-41-43-60(44-42-57)63-25-20-34-69(53-63)79(66-30-13-5-14-31-66)67-32-15-6-16-33-67/h2-54H,1H3. The van der Waals surface area contributed by atoms with E-state index in [-0.39, 0.29) is 0 Å². The van der Waals surface area contributed by atoms with Crippen LogP contribution in [-0.4, -0.2) is 0 Å². The van der Waals surface area contributed by atoms with Gasteiger partial charge in [-0.1, -0.05) is 255 Å². The first-order valence-electron chi connectivity index (χ1n) is 27.7. The zero-order chi connectivity index (χ0) is 53.4. The average Bonchev–Trinajstić information content (AvgIpc) is 3.54. The zero-order valence-electron chi connectivity index (χ0n) is 44.5. The third-order valence-corrected chi connectivity index (χ3v) is 16.3. The molecule has 2 nitrogen and oxygen atoms in total. The van der Waals surface area contributed by atoms with Crippen LogP contribution in [0.1, 0.15) is 27.8 Å². The molecule has 0 heterocycles. The van der Waals surface area contributed by atoms with Crippen molar-refractivity contribution in [2.45, 2.75) is 12.3 Å². The Morgan fingerprint density at radius 2 is 0.700 bits per heavy atom. The summed E-state index contributed by atoms with van der Waals surface area (Å²) >= 11 is 0. The Balaban J connectivity index is 0.837. The molecule has 0 aliphatic heterocycles. The highest BCUT2D eigenvalue weighted by atomic mass is 15.1. The van der Waals surface area contributed by atoms with E-state index in [2.05, 4.69) is 338 Å². The van der Waals surface area contributed by atoms with Crippen molar-refractivity contribution in [2.24, 2.45) is 0 Å². The SMILES string of the molecule is Cc1cccc2c1-c1ccc(N(c3ccc(-c4ccc(-c5ccc(-c6cccc(N(c7ccccc7)c7ccccc7)c6)cc5)cc4)cc3)c3ccc4ccccc4c3-c3ccccc3)cc1C2(c1ccccc1)c1ccccc1. The normalized spacial score (nSPS) is 12.2. The molecule has 0 aromatic heterocycles. The second-order valence-electron chi connectivity index (χ2n) is 20.9. The number of rotatable bonds is 12.